The molecule has 1 N–H and O–H groups in total. The molecule has 7 heteroatoms. The van der Waals surface area contributed by atoms with Gasteiger partial charge in [0.25, 0.3) is 0 Å². The number of hydrogen-bond acceptors (Lipinski definition) is 5. The highest BCUT2D eigenvalue weighted by Gasteiger charge is 2.27. The van der Waals surface area contributed by atoms with E-state index in [2.05, 4.69) is 10.4 Å². The summed E-state index contributed by atoms with van der Waals surface area (Å²) in [6.07, 6.45) is 0.788. The van der Waals surface area contributed by atoms with Gasteiger partial charge in [-0.15, -0.1) is 0 Å². The second kappa shape index (κ2) is 6.34. The molecule has 0 atom stereocenters. The summed E-state index contributed by atoms with van der Waals surface area (Å²) in [6, 6.07) is 0. The Kier molecular flexibility index (Phi) is 5.08. The predicted molar refractivity (Wildman–Crippen MR) is 68.9 cm³/mol. The van der Waals surface area contributed by atoms with Gasteiger partial charge in [-0.2, -0.15) is 5.10 Å². The molecule has 7 nitrogen and oxygen atoms in total. The first-order valence-corrected chi connectivity index (χ1v) is 5.93. The topological polar surface area (TPSA) is 82.2 Å². The SMILES string of the molecule is COCCCNc1c([N+](=O)[O-])c(C(C)C)nn1C. The van der Waals surface area contributed by atoms with Gasteiger partial charge in [-0.3, -0.25) is 10.1 Å². The van der Waals surface area contributed by atoms with Gasteiger partial charge in [0.15, 0.2) is 0 Å². The Balaban J connectivity index is 2.92. The molecule has 102 valence electrons. The fraction of sp³-hybridized carbons (Fsp3) is 0.727. The van der Waals surface area contributed by atoms with Crippen LogP contribution < -0.4 is 5.32 Å². The van der Waals surface area contributed by atoms with Gasteiger partial charge in [0.2, 0.25) is 5.82 Å². The van der Waals surface area contributed by atoms with Gasteiger partial charge in [0, 0.05) is 33.2 Å². The van der Waals surface area contributed by atoms with Gasteiger partial charge < -0.3 is 10.1 Å². The lowest BCUT2D eigenvalue weighted by molar-refractivity contribution is -0.384. The Morgan fingerprint density at radius 2 is 2.22 bits per heavy atom. The Hall–Kier alpha value is -1.63. The molecular formula is C11H20N4O3. The van der Waals surface area contributed by atoms with Crippen LogP contribution in [-0.2, 0) is 11.8 Å². The fourth-order valence-corrected chi connectivity index (χ4v) is 1.72. The van der Waals surface area contributed by atoms with Crippen LogP contribution in [0.4, 0.5) is 11.5 Å². The van der Waals surface area contributed by atoms with Crippen LogP contribution in [0.3, 0.4) is 0 Å². The zero-order valence-corrected chi connectivity index (χ0v) is 11.3. The highest BCUT2D eigenvalue weighted by Crippen LogP contribution is 2.32. The lowest BCUT2D eigenvalue weighted by Gasteiger charge is -2.05. The number of ether oxygens (including phenoxy) is 1. The summed E-state index contributed by atoms with van der Waals surface area (Å²) >= 11 is 0. The number of nitrogens with one attached hydrogen (secondary N) is 1. The van der Waals surface area contributed by atoms with E-state index in [0.29, 0.717) is 24.7 Å². The van der Waals surface area contributed by atoms with Crippen LogP contribution in [-0.4, -0.2) is 35.0 Å². The number of nitro groups is 1. The highest BCUT2D eigenvalue weighted by atomic mass is 16.6. The number of rotatable bonds is 7. The molecule has 0 bridgehead atoms. The minimum atomic E-state index is -0.374. The molecule has 0 aliphatic carbocycles. The minimum absolute atomic E-state index is 0.0196. The molecule has 1 rings (SSSR count). The molecule has 1 aromatic rings. The van der Waals surface area contributed by atoms with Crippen molar-refractivity contribution in [3.05, 3.63) is 15.8 Å². The van der Waals surface area contributed by atoms with Gasteiger partial charge in [0.1, 0.15) is 5.69 Å². The summed E-state index contributed by atoms with van der Waals surface area (Å²) in [4.78, 5) is 10.8. The molecule has 18 heavy (non-hydrogen) atoms. The van der Waals surface area contributed by atoms with Crippen LogP contribution in [0.1, 0.15) is 31.9 Å². The zero-order chi connectivity index (χ0) is 13.7. The third kappa shape index (κ3) is 3.19. The Morgan fingerprint density at radius 1 is 1.56 bits per heavy atom. The molecule has 0 saturated heterocycles. The first-order valence-electron chi connectivity index (χ1n) is 5.93. The third-order valence-electron chi connectivity index (χ3n) is 2.60. The van der Waals surface area contributed by atoms with Crippen molar-refractivity contribution in [2.75, 3.05) is 25.6 Å². The predicted octanol–water partition coefficient (Wildman–Crippen LogP) is 1.90. The monoisotopic (exact) mass is 256 g/mol. The Bertz CT molecular complexity index is 415. The van der Waals surface area contributed by atoms with Crippen LogP contribution in [0.5, 0.6) is 0 Å². The maximum absolute atomic E-state index is 11.1. The minimum Gasteiger partial charge on any atom is -0.385 e. The summed E-state index contributed by atoms with van der Waals surface area (Å²) < 4.78 is 6.46. The molecule has 1 heterocycles. The fourth-order valence-electron chi connectivity index (χ4n) is 1.72. The third-order valence-corrected chi connectivity index (χ3v) is 2.60. The van der Waals surface area contributed by atoms with E-state index < -0.39 is 0 Å². The largest absolute Gasteiger partial charge is 0.385 e. The molecule has 0 aliphatic heterocycles. The van der Waals surface area contributed by atoms with E-state index in [1.54, 1.807) is 14.2 Å². The van der Waals surface area contributed by atoms with Crippen molar-refractivity contribution < 1.29 is 9.66 Å². The van der Waals surface area contributed by atoms with Crippen molar-refractivity contribution in [1.29, 1.82) is 0 Å². The van der Waals surface area contributed by atoms with Crippen molar-refractivity contribution in [1.82, 2.24) is 9.78 Å². The summed E-state index contributed by atoms with van der Waals surface area (Å²) in [5.41, 5.74) is 0.585. The number of anilines is 1. The van der Waals surface area contributed by atoms with Crippen molar-refractivity contribution in [3.8, 4) is 0 Å². The van der Waals surface area contributed by atoms with E-state index >= 15 is 0 Å². The summed E-state index contributed by atoms with van der Waals surface area (Å²) in [5, 5.41) is 18.4. The summed E-state index contributed by atoms with van der Waals surface area (Å²) in [6.45, 7) is 5.02. The Morgan fingerprint density at radius 3 is 2.72 bits per heavy atom. The molecule has 0 fully saturated rings. The van der Waals surface area contributed by atoms with E-state index in [4.69, 9.17) is 4.74 Å². The molecule has 0 amide bonds. The van der Waals surface area contributed by atoms with Crippen LogP contribution in [0.2, 0.25) is 0 Å². The first-order chi connectivity index (χ1) is 8.49. The quantitative estimate of drug-likeness (QED) is 0.457. The van der Waals surface area contributed by atoms with E-state index in [1.165, 1.54) is 4.68 Å². The highest BCUT2D eigenvalue weighted by molar-refractivity contribution is 5.60. The molecule has 0 spiro atoms. The number of nitrogens with zero attached hydrogens (tertiary/aromatic N) is 3. The van der Waals surface area contributed by atoms with Crippen LogP contribution in [0, 0.1) is 10.1 Å². The molecule has 0 aromatic carbocycles. The van der Waals surface area contributed by atoms with Crippen LogP contribution >= 0.6 is 0 Å². The molecule has 1 aromatic heterocycles. The lowest BCUT2D eigenvalue weighted by atomic mass is 10.1. The summed E-state index contributed by atoms with van der Waals surface area (Å²) in [5.74, 6) is 0.478. The maximum Gasteiger partial charge on any atom is 0.334 e. The van der Waals surface area contributed by atoms with Gasteiger partial charge in [-0.25, -0.2) is 4.68 Å². The zero-order valence-electron chi connectivity index (χ0n) is 11.3. The smallest absolute Gasteiger partial charge is 0.334 e. The average Bonchev–Trinajstić information content (AvgIpc) is 2.62. The van der Waals surface area contributed by atoms with Gasteiger partial charge in [-0.05, 0) is 6.42 Å². The second-order valence-electron chi connectivity index (χ2n) is 4.39. The van der Waals surface area contributed by atoms with E-state index in [0.717, 1.165) is 6.42 Å². The lowest BCUT2D eigenvalue weighted by Crippen LogP contribution is -2.09. The molecule has 0 aliphatic rings. The number of aryl methyl sites for hydroxylation is 1. The van der Waals surface area contributed by atoms with Gasteiger partial charge in [0.05, 0.1) is 4.92 Å². The van der Waals surface area contributed by atoms with Crippen LogP contribution in [0.15, 0.2) is 0 Å². The van der Waals surface area contributed by atoms with Crippen molar-refractivity contribution in [3.63, 3.8) is 0 Å². The first kappa shape index (κ1) is 14.4. The number of methoxy groups -OCH3 is 1. The maximum atomic E-state index is 11.1. The number of hydrogen-bond donors (Lipinski definition) is 1. The molecular weight excluding hydrogens is 236 g/mol. The second-order valence-corrected chi connectivity index (χ2v) is 4.39. The van der Waals surface area contributed by atoms with Crippen molar-refractivity contribution in [2.24, 2.45) is 7.05 Å². The van der Waals surface area contributed by atoms with E-state index in [9.17, 15) is 10.1 Å². The standard InChI is InChI=1S/C11H20N4O3/c1-8(2)9-10(15(16)17)11(14(3)13-9)12-6-5-7-18-4/h8,12H,5-7H2,1-4H3. The van der Waals surface area contributed by atoms with Crippen LogP contribution in [0.25, 0.3) is 0 Å². The molecule has 0 saturated carbocycles. The van der Waals surface area contributed by atoms with Crippen molar-refractivity contribution in [2.45, 2.75) is 26.2 Å². The summed E-state index contributed by atoms with van der Waals surface area (Å²) in [7, 11) is 3.33. The Labute approximate surface area is 106 Å². The van der Waals surface area contributed by atoms with Gasteiger partial charge >= 0.3 is 5.69 Å². The molecule has 0 radical (unpaired) electrons. The molecule has 0 unspecified atom stereocenters. The normalized spacial score (nSPS) is 10.9. The average molecular weight is 256 g/mol. The van der Waals surface area contributed by atoms with E-state index in [-0.39, 0.29) is 16.5 Å². The van der Waals surface area contributed by atoms with Crippen molar-refractivity contribution >= 4 is 11.5 Å². The number of aromatic nitrogens is 2. The van der Waals surface area contributed by atoms with Gasteiger partial charge in [-0.1, -0.05) is 13.8 Å². The van der Waals surface area contributed by atoms with E-state index in [1.807, 2.05) is 13.8 Å².